The number of aryl methyl sites for hydroxylation is 1. The second-order valence-electron chi connectivity index (χ2n) is 5.13. The third-order valence-electron chi connectivity index (χ3n) is 4.04. The Bertz CT molecular complexity index is 420. The molecule has 2 atom stereocenters. The number of nitrogens with zero attached hydrogens (tertiary/aromatic N) is 2. The Labute approximate surface area is 112 Å². The first-order valence-electron chi connectivity index (χ1n) is 6.76. The number of ether oxygens (including phenoxy) is 1. The summed E-state index contributed by atoms with van der Waals surface area (Å²) in [4.78, 5) is 8.69. The SMILES string of the molecule is CNC1CCCc2nc(N3CCC(OC)C3)sc21. The molecule has 1 aromatic heterocycles. The van der Waals surface area contributed by atoms with Gasteiger partial charge in [0, 0.05) is 31.1 Å². The Morgan fingerprint density at radius 3 is 3.06 bits per heavy atom. The molecule has 2 unspecified atom stereocenters. The number of methoxy groups -OCH3 is 1. The largest absolute Gasteiger partial charge is 0.380 e. The van der Waals surface area contributed by atoms with Crippen LogP contribution in [0.1, 0.15) is 35.9 Å². The molecule has 5 heteroatoms. The number of nitrogens with one attached hydrogen (secondary N) is 1. The van der Waals surface area contributed by atoms with E-state index in [-0.39, 0.29) is 0 Å². The molecule has 1 saturated heterocycles. The Morgan fingerprint density at radius 2 is 2.33 bits per heavy atom. The molecule has 0 saturated carbocycles. The fourth-order valence-corrected chi connectivity index (χ4v) is 4.20. The monoisotopic (exact) mass is 267 g/mol. The van der Waals surface area contributed by atoms with Crippen LogP contribution in [0.2, 0.25) is 0 Å². The minimum Gasteiger partial charge on any atom is -0.380 e. The maximum absolute atomic E-state index is 5.43. The Hall–Kier alpha value is -0.650. The van der Waals surface area contributed by atoms with Crippen molar-refractivity contribution in [2.75, 3.05) is 32.1 Å². The van der Waals surface area contributed by atoms with E-state index in [1.165, 1.54) is 28.5 Å². The van der Waals surface area contributed by atoms with E-state index in [0.29, 0.717) is 12.1 Å². The molecule has 2 aliphatic rings. The predicted molar refractivity (Wildman–Crippen MR) is 74.5 cm³/mol. The summed E-state index contributed by atoms with van der Waals surface area (Å²) in [7, 11) is 3.86. The summed E-state index contributed by atoms with van der Waals surface area (Å²) < 4.78 is 5.43. The van der Waals surface area contributed by atoms with Crippen molar-refractivity contribution in [2.24, 2.45) is 0 Å². The molecule has 1 aromatic rings. The maximum Gasteiger partial charge on any atom is 0.185 e. The van der Waals surface area contributed by atoms with Gasteiger partial charge in [-0.05, 0) is 32.7 Å². The lowest BCUT2D eigenvalue weighted by atomic mass is 9.98. The molecule has 1 aliphatic carbocycles. The highest BCUT2D eigenvalue weighted by molar-refractivity contribution is 7.15. The average molecular weight is 267 g/mol. The molecule has 0 aromatic carbocycles. The molecule has 2 heterocycles. The normalized spacial score (nSPS) is 27.6. The van der Waals surface area contributed by atoms with E-state index in [9.17, 15) is 0 Å². The van der Waals surface area contributed by atoms with E-state index < -0.39 is 0 Å². The Morgan fingerprint density at radius 1 is 1.44 bits per heavy atom. The first-order valence-corrected chi connectivity index (χ1v) is 7.58. The van der Waals surface area contributed by atoms with Crippen molar-refractivity contribution in [1.29, 1.82) is 0 Å². The zero-order valence-corrected chi connectivity index (χ0v) is 11.9. The lowest BCUT2D eigenvalue weighted by Crippen LogP contribution is -2.21. The van der Waals surface area contributed by atoms with Crippen LogP contribution in [0.4, 0.5) is 5.13 Å². The molecule has 0 amide bonds. The number of anilines is 1. The van der Waals surface area contributed by atoms with Gasteiger partial charge in [0.05, 0.1) is 11.8 Å². The number of hydrogen-bond acceptors (Lipinski definition) is 5. The number of hydrogen-bond donors (Lipinski definition) is 1. The number of rotatable bonds is 3. The van der Waals surface area contributed by atoms with Gasteiger partial charge in [0.1, 0.15) is 0 Å². The van der Waals surface area contributed by atoms with E-state index in [4.69, 9.17) is 9.72 Å². The number of fused-ring (bicyclic) bond motifs is 1. The standard InChI is InChI=1S/C13H21N3OS/c1-14-10-4-3-5-11-12(10)18-13(15-11)16-7-6-9(8-16)17-2/h9-10,14H,3-8H2,1-2H3. The Kier molecular flexibility index (Phi) is 3.54. The van der Waals surface area contributed by atoms with Crippen LogP contribution in [0.25, 0.3) is 0 Å². The summed E-state index contributed by atoms with van der Waals surface area (Å²) in [5, 5.41) is 4.61. The van der Waals surface area contributed by atoms with E-state index in [1.807, 2.05) is 11.3 Å². The van der Waals surface area contributed by atoms with Crippen LogP contribution in [-0.2, 0) is 11.2 Å². The zero-order chi connectivity index (χ0) is 12.5. The van der Waals surface area contributed by atoms with Crippen LogP contribution in [0, 0.1) is 0 Å². The maximum atomic E-state index is 5.43. The average Bonchev–Trinajstić information content (AvgIpc) is 3.03. The van der Waals surface area contributed by atoms with Crippen molar-refractivity contribution < 1.29 is 4.74 Å². The molecule has 1 aliphatic heterocycles. The summed E-state index contributed by atoms with van der Waals surface area (Å²) in [5.41, 5.74) is 1.32. The third kappa shape index (κ3) is 2.15. The number of thiazole rings is 1. The fourth-order valence-electron chi connectivity index (χ4n) is 2.91. The van der Waals surface area contributed by atoms with E-state index in [2.05, 4.69) is 17.3 Å². The highest BCUT2D eigenvalue weighted by Crippen LogP contribution is 2.38. The predicted octanol–water partition coefficient (Wildman–Crippen LogP) is 1.96. The highest BCUT2D eigenvalue weighted by Gasteiger charge is 2.28. The topological polar surface area (TPSA) is 37.4 Å². The minimum atomic E-state index is 0.381. The van der Waals surface area contributed by atoms with Gasteiger partial charge >= 0.3 is 0 Å². The summed E-state index contributed by atoms with van der Waals surface area (Å²) >= 11 is 1.87. The van der Waals surface area contributed by atoms with Crippen molar-refractivity contribution in [3.05, 3.63) is 10.6 Å². The lowest BCUT2D eigenvalue weighted by Gasteiger charge is -2.19. The molecule has 100 valence electrons. The van der Waals surface area contributed by atoms with Crippen LogP contribution in [0.5, 0.6) is 0 Å². The molecule has 1 fully saturated rings. The molecule has 0 spiro atoms. The van der Waals surface area contributed by atoms with Gasteiger partial charge < -0.3 is 15.0 Å². The van der Waals surface area contributed by atoms with Crippen molar-refractivity contribution in [1.82, 2.24) is 10.3 Å². The van der Waals surface area contributed by atoms with Crippen molar-refractivity contribution in [3.63, 3.8) is 0 Å². The van der Waals surface area contributed by atoms with Crippen LogP contribution >= 0.6 is 11.3 Å². The van der Waals surface area contributed by atoms with E-state index in [1.54, 1.807) is 7.11 Å². The van der Waals surface area contributed by atoms with Gasteiger partial charge in [-0.2, -0.15) is 0 Å². The minimum absolute atomic E-state index is 0.381. The van der Waals surface area contributed by atoms with Crippen molar-refractivity contribution in [2.45, 2.75) is 37.8 Å². The first kappa shape index (κ1) is 12.4. The van der Waals surface area contributed by atoms with Crippen LogP contribution < -0.4 is 10.2 Å². The summed E-state index contributed by atoms with van der Waals surface area (Å²) in [6.45, 7) is 2.07. The smallest absolute Gasteiger partial charge is 0.185 e. The van der Waals surface area contributed by atoms with Gasteiger partial charge in [0.15, 0.2) is 5.13 Å². The number of aromatic nitrogens is 1. The highest BCUT2D eigenvalue weighted by atomic mass is 32.1. The van der Waals surface area contributed by atoms with Crippen molar-refractivity contribution in [3.8, 4) is 0 Å². The summed E-state index contributed by atoms with van der Waals surface area (Å²) in [6.07, 6.45) is 5.14. The van der Waals surface area contributed by atoms with E-state index >= 15 is 0 Å². The zero-order valence-electron chi connectivity index (χ0n) is 11.1. The molecule has 18 heavy (non-hydrogen) atoms. The lowest BCUT2D eigenvalue weighted by molar-refractivity contribution is 0.121. The van der Waals surface area contributed by atoms with Gasteiger partial charge in [0.25, 0.3) is 0 Å². The molecule has 0 bridgehead atoms. The summed E-state index contributed by atoms with van der Waals surface area (Å²) in [6, 6.07) is 0.515. The molecular formula is C13H21N3OS. The van der Waals surface area contributed by atoms with Gasteiger partial charge in [0.2, 0.25) is 0 Å². The molecule has 3 rings (SSSR count). The fraction of sp³-hybridized carbons (Fsp3) is 0.769. The van der Waals surface area contributed by atoms with Crippen molar-refractivity contribution >= 4 is 16.5 Å². The second kappa shape index (κ2) is 5.15. The quantitative estimate of drug-likeness (QED) is 0.908. The third-order valence-corrected chi connectivity index (χ3v) is 5.31. The molecular weight excluding hydrogens is 246 g/mol. The van der Waals surface area contributed by atoms with Crippen LogP contribution in [-0.4, -0.2) is 38.3 Å². The Balaban J connectivity index is 1.80. The van der Waals surface area contributed by atoms with E-state index in [0.717, 1.165) is 25.9 Å². The van der Waals surface area contributed by atoms with Crippen LogP contribution in [0.15, 0.2) is 0 Å². The van der Waals surface area contributed by atoms with Gasteiger partial charge in [-0.1, -0.05) is 11.3 Å². The molecule has 4 nitrogen and oxygen atoms in total. The molecule has 1 N–H and O–H groups in total. The second-order valence-corrected chi connectivity index (χ2v) is 6.14. The van der Waals surface area contributed by atoms with Crippen LogP contribution in [0.3, 0.4) is 0 Å². The molecule has 0 radical (unpaired) electrons. The summed E-state index contributed by atoms with van der Waals surface area (Å²) in [5.74, 6) is 0. The first-order chi connectivity index (χ1) is 8.81. The van der Waals surface area contributed by atoms with Gasteiger partial charge in [-0.25, -0.2) is 4.98 Å². The van der Waals surface area contributed by atoms with Gasteiger partial charge in [-0.15, -0.1) is 0 Å². The van der Waals surface area contributed by atoms with Gasteiger partial charge in [-0.3, -0.25) is 0 Å².